The van der Waals surface area contributed by atoms with Crippen LogP contribution >= 0.6 is 11.6 Å². The summed E-state index contributed by atoms with van der Waals surface area (Å²) in [5, 5.41) is 0.398. The first-order chi connectivity index (χ1) is 3.66. The summed E-state index contributed by atoms with van der Waals surface area (Å²) in [6.07, 6.45) is 2.25. The van der Waals surface area contributed by atoms with Crippen LogP contribution in [0.1, 0.15) is 33.6 Å². The van der Waals surface area contributed by atoms with Gasteiger partial charge < -0.3 is 0 Å². The molecule has 0 fully saturated rings. The van der Waals surface area contributed by atoms with Gasteiger partial charge >= 0.3 is 0 Å². The Morgan fingerprint density at radius 2 is 1.88 bits per heavy atom. The molecule has 0 saturated carbocycles. The largest absolute Gasteiger partial charge is 0.123 e. The van der Waals surface area contributed by atoms with E-state index in [9.17, 15) is 0 Å². The van der Waals surface area contributed by atoms with Crippen molar-refractivity contribution in [3.8, 4) is 0 Å². The summed E-state index contributed by atoms with van der Waals surface area (Å²) in [5.41, 5.74) is 0. The number of hydrogen-bond acceptors (Lipinski definition) is 0. The van der Waals surface area contributed by atoms with Crippen LogP contribution in [-0.4, -0.2) is 5.38 Å². The molecule has 1 heteroatoms. The van der Waals surface area contributed by atoms with Crippen molar-refractivity contribution in [2.45, 2.75) is 39.0 Å². The zero-order valence-corrected chi connectivity index (χ0v) is 6.70. The summed E-state index contributed by atoms with van der Waals surface area (Å²) in [7, 11) is 0. The topological polar surface area (TPSA) is 0 Å². The minimum Gasteiger partial charge on any atom is -0.123 e. The lowest BCUT2D eigenvalue weighted by Gasteiger charge is -2.07. The number of halogens is 1. The predicted octanol–water partition coefficient (Wildman–Crippen LogP) is 3.05. The first-order valence-corrected chi connectivity index (χ1v) is 3.74. The number of rotatable bonds is 3. The van der Waals surface area contributed by atoms with Crippen LogP contribution in [0.3, 0.4) is 0 Å². The molecule has 50 valence electrons. The predicted molar refractivity (Wildman–Crippen MR) is 39.4 cm³/mol. The van der Waals surface area contributed by atoms with Crippen LogP contribution in [0.15, 0.2) is 0 Å². The van der Waals surface area contributed by atoms with Gasteiger partial charge in [-0.25, -0.2) is 0 Å². The lowest BCUT2D eigenvalue weighted by molar-refractivity contribution is 0.556. The van der Waals surface area contributed by atoms with Crippen LogP contribution in [0.5, 0.6) is 0 Å². The summed E-state index contributed by atoms with van der Waals surface area (Å²) < 4.78 is 0. The van der Waals surface area contributed by atoms with Crippen LogP contribution in [0.4, 0.5) is 0 Å². The van der Waals surface area contributed by atoms with E-state index >= 15 is 0 Å². The fourth-order valence-corrected chi connectivity index (χ4v) is 1.03. The molecule has 1 unspecified atom stereocenters. The van der Waals surface area contributed by atoms with Gasteiger partial charge in [0.15, 0.2) is 0 Å². The molecule has 0 nitrogen and oxygen atoms in total. The lowest BCUT2D eigenvalue weighted by Crippen LogP contribution is -2.00. The Bertz CT molecular complexity index is 50.3. The van der Waals surface area contributed by atoms with Gasteiger partial charge in [-0.2, -0.15) is 0 Å². The monoisotopic (exact) mass is 134 g/mol. The van der Waals surface area contributed by atoms with Gasteiger partial charge in [-0.05, 0) is 18.8 Å². The fraction of sp³-hybridized carbons (Fsp3) is 1.00. The molecule has 0 radical (unpaired) electrons. The van der Waals surface area contributed by atoms with Crippen LogP contribution in [-0.2, 0) is 0 Å². The van der Waals surface area contributed by atoms with Crippen molar-refractivity contribution in [1.82, 2.24) is 0 Å². The van der Waals surface area contributed by atoms with Crippen LogP contribution in [0.25, 0.3) is 0 Å². The molecule has 0 saturated heterocycles. The third-order valence-corrected chi connectivity index (χ3v) is 1.66. The smallest absolute Gasteiger partial charge is 0.0335 e. The maximum absolute atomic E-state index is 5.86. The molecule has 0 heterocycles. The summed E-state index contributed by atoms with van der Waals surface area (Å²) in [6, 6.07) is 0. The lowest BCUT2D eigenvalue weighted by atomic mass is 10.1. The second kappa shape index (κ2) is 4.20. The van der Waals surface area contributed by atoms with Crippen molar-refractivity contribution >= 4 is 11.6 Å². The van der Waals surface area contributed by atoms with Crippen LogP contribution in [0.2, 0.25) is 0 Å². The molecular formula is C7H15Cl. The Morgan fingerprint density at radius 3 is 2.00 bits per heavy atom. The molecule has 0 aromatic rings. The minimum atomic E-state index is 0.398. The third kappa shape index (κ3) is 4.45. The Hall–Kier alpha value is 0.290. The Kier molecular flexibility index (Phi) is 4.35. The van der Waals surface area contributed by atoms with Gasteiger partial charge in [-0.3, -0.25) is 0 Å². The van der Waals surface area contributed by atoms with Crippen molar-refractivity contribution in [3.63, 3.8) is 0 Å². The second-order valence-electron chi connectivity index (χ2n) is 2.64. The molecule has 0 spiro atoms. The molecule has 0 amide bonds. The molecule has 0 aromatic carbocycles. The molecule has 0 N–H and O–H groups in total. The van der Waals surface area contributed by atoms with E-state index in [0.717, 1.165) is 18.8 Å². The van der Waals surface area contributed by atoms with E-state index in [0.29, 0.717) is 5.38 Å². The van der Waals surface area contributed by atoms with E-state index < -0.39 is 0 Å². The maximum atomic E-state index is 5.86. The van der Waals surface area contributed by atoms with E-state index in [2.05, 4.69) is 20.8 Å². The van der Waals surface area contributed by atoms with E-state index in [-0.39, 0.29) is 0 Å². The zero-order valence-electron chi connectivity index (χ0n) is 5.95. The highest BCUT2D eigenvalue weighted by atomic mass is 35.5. The number of alkyl halides is 1. The second-order valence-corrected chi connectivity index (χ2v) is 3.25. The van der Waals surface area contributed by atoms with E-state index in [4.69, 9.17) is 11.6 Å². The molecule has 0 aliphatic rings. The summed E-state index contributed by atoms with van der Waals surface area (Å²) in [4.78, 5) is 0. The summed E-state index contributed by atoms with van der Waals surface area (Å²) in [6.45, 7) is 6.52. The first kappa shape index (κ1) is 8.29. The molecule has 0 aliphatic heterocycles. The van der Waals surface area contributed by atoms with Crippen LogP contribution < -0.4 is 0 Å². The SMILES string of the molecule is CCC(Cl)CC(C)C. The first-order valence-electron chi connectivity index (χ1n) is 3.30. The molecule has 0 aliphatic carbocycles. The van der Waals surface area contributed by atoms with Crippen molar-refractivity contribution in [2.75, 3.05) is 0 Å². The van der Waals surface area contributed by atoms with Crippen molar-refractivity contribution < 1.29 is 0 Å². The van der Waals surface area contributed by atoms with Crippen molar-refractivity contribution in [3.05, 3.63) is 0 Å². The molecule has 0 rings (SSSR count). The van der Waals surface area contributed by atoms with Gasteiger partial charge in [0.1, 0.15) is 0 Å². The highest BCUT2D eigenvalue weighted by Gasteiger charge is 2.02. The maximum Gasteiger partial charge on any atom is 0.0335 e. The van der Waals surface area contributed by atoms with Crippen LogP contribution in [0, 0.1) is 5.92 Å². The Balaban J connectivity index is 3.10. The third-order valence-electron chi connectivity index (χ3n) is 1.17. The van der Waals surface area contributed by atoms with Crippen molar-refractivity contribution in [1.29, 1.82) is 0 Å². The molecular weight excluding hydrogens is 120 g/mol. The minimum absolute atomic E-state index is 0.398. The van der Waals surface area contributed by atoms with Crippen molar-refractivity contribution in [2.24, 2.45) is 5.92 Å². The fourth-order valence-electron chi connectivity index (χ4n) is 0.678. The summed E-state index contributed by atoms with van der Waals surface area (Å²) in [5.74, 6) is 0.748. The van der Waals surface area contributed by atoms with Gasteiger partial charge in [0, 0.05) is 5.38 Å². The quantitative estimate of drug-likeness (QED) is 0.521. The average Bonchev–Trinajstić information content (AvgIpc) is 1.65. The van der Waals surface area contributed by atoms with E-state index in [1.54, 1.807) is 0 Å². The number of hydrogen-bond donors (Lipinski definition) is 0. The molecule has 8 heavy (non-hydrogen) atoms. The normalized spacial score (nSPS) is 14.6. The molecule has 0 aromatic heterocycles. The van der Waals surface area contributed by atoms with Gasteiger partial charge in [-0.15, -0.1) is 11.6 Å². The molecule has 0 bridgehead atoms. The highest BCUT2D eigenvalue weighted by Crippen LogP contribution is 2.12. The Labute approximate surface area is 57.2 Å². The average molecular weight is 135 g/mol. The standard InChI is InChI=1S/C7H15Cl/c1-4-7(8)5-6(2)3/h6-7H,4-5H2,1-3H3. The van der Waals surface area contributed by atoms with Gasteiger partial charge in [-0.1, -0.05) is 20.8 Å². The molecule has 1 atom stereocenters. The van der Waals surface area contributed by atoms with E-state index in [1.165, 1.54) is 0 Å². The summed E-state index contributed by atoms with van der Waals surface area (Å²) >= 11 is 5.86. The van der Waals surface area contributed by atoms with Gasteiger partial charge in [0.05, 0.1) is 0 Å². The zero-order chi connectivity index (χ0) is 6.57. The van der Waals surface area contributed by atoms with Gasteiger partial charge in [0.25, 0.3) is 0 Å². The highest BCUT2D eigenvalue weighted by molar-refractivity contribution is 6.20. The van der Waals surface area contributed by atoms with E-state index in [1.807, 2.05) is 0 Å². The Morgan fingerprint density at radius 1 is 1.38 bits per heavy atom. The van der Waals surface area contributed by atoms with Gasteiger partial charge in [0.2, 0.25) is 0 Å².